The lowest BCUT2D eigenvalue weighted by atomic mass is 9.94. The van der Waals surface area contributed by atoms with Crippen molar-refractivity contribution in [3.63, 3.8) is 0 Å². The van der Waals surface area contributed by atoms with Gasteiger partial charge in [-0.15, -0.1) is 0 Å². The molecule has 3 aromatic heterocycles. The lowest BCUT2D eigenvalue weighted by Crippen LogP contribution is -2.29. The first-order valence-corrected chi connectivity index (χ1v) is 8.25. The summed E-state index contributed by atoms with van der Waals surface area (Å²) in [6, 6.07) is 7.73. The first-order chi connectivity index (χ1) is 13.7. The third-order valence-corrected chi connectivity index (χ3v) is 4.54. The van der Waals surface area contributed by atoms with E-state index in [9.17, 15) is 9.90 Å². The van der Waals surface area contributed by atoms with E-state index >= 15 is 0 Å². The van der Waals surface area contributed by atoms with Gasteiger partial charge in [-0.3, -0.25) is 4.79 Å². The zero-order valence-corrected chi connectivity index (χ0v) is 14.4. The highest BCUT2D eigenvalue weighted by Crippen LogP contribution is 2.42. The number of furan rings is 1. The first kappa shape index (κ1) is 16.1. The van der Waals surface area contributed by atoms with Crippen LogP contribution < -0.4 is 15.6 Å². The van der Waals surface area contributed by atoms with Gasteiger partial charge in [-0.2, -0.15) is 9.78 Å². The number of phenolic OH excluding ortho intramolecular Hbond substituents is 1. The maximum absolute atomic E-state index is 12.5. The Bertz CT molecular complexity index is 1230. The molecule has 28 heavy (non-hydrogen) atoms. The monoisotopic (exact) mass is 379 g/mol. The molecule has 140 valence electrons. The molecule has 3 N–H and O–H groups in total. The first-order valence-electron chi connectivity index (χ1n) is 8.25. The molecule has 0 saturated heterocycles. The predicted octanol–water partition coefficient (Wildman–Crippen LogP) is 1.43. The highest BCUT2D eigenvalue weighted by atomic mass is 16.5. The van der Waals surface area contributed by atoms with E-state index in [2.05, 4.69) is 31.0 Å². The Morgan fingerprint density at radius 2 is 2.21 bits per heavy atom. The van der Waals surface area contributed by atoms with Gasteiger partial charge in [0.2, 0.25) is 5.95 Å². The van der Waals surface area contributed by atoms with Crippen molar-refractivity contribution in [3.8, 4) is 23.0 Å². The SMILES string of the molecule is COc1cc([C@H]2c3c(-c4ccco4)n[nH]c(=O)c3Nc3nnnn32)ccc1O. The van der Waals surface area contributed by atoms with Crippen molar-refractivity contribution < 1.29 is 14.3 Å². The van der Waals surface area contributed by atoms with Crippen LogP contribution in [-0.4, -0.2) is 42.6 Å². The summed E-state index contributed by atoms with van der Waals surface area (Å²) in [6.07, 6.45) is 1.52. The van der Waals surface area contributed by atoms with Crippen molar-refractivity contribution >= 4 is 11.6 Å². The van der Waals surface area contributed by atoms with Crippen molar-refractivity contribution in [3.05, 3.63) is 58.1 Å². The highest BCUT2D eigenvalue weighted by Gasteiger charge is 2.35. The molecule has 0 spiro atoms. The number of aromatic nitrogens is 6. The van der Waals surface area contributed by atoms with E-state index in [1.807, 2.05) is 0 Å². The molecule has 1 aromatic carbocycles. The van der Waals surface area contributed by atoms with E-state index in [1.54, 1.807) is 24.3 Å². The van der Waals surface area contributed by atoms with Gasteiger partial charge in [0.25, 0.3) is 5.56 Å². The van der Waals surface area contributed by atoms with Crippen LogP contribution in [0.2, 0.25) is 0 Å². The summed E-state index contributed by atoms with van der Waals surface area (Å²) in [5.41, 5.74) is 1.50. The van der Waals surface area contributed by atoms with Crippen LogP contribution in [0, 0.1) is 0 Å². The summed E-state index contributed by atoms with van der Waals surface area (Å²) in [5.74, 6) is 1.05. The largest absolute Gasteiger partial charge is 0.504 e. The van der Waals surface area contributed by atoms with E-state index in [1.165, 1.54) is 24.1 Å². The van der Waals surface area contributed by atoms with Crippen molar-refractivity contribution in [1.82, 2.24) is 30.4 Å². The topological polar surface area (TPSA) is 144 Å². The number of nitrogens with one attached hydrogen (secondary N) is 2. The fourth-order valence-electron chi connectivity index (χ4n) is 3.31. The number of methoxy groups -OCH3 is 1. The average molecular weight is 379 g/mol. The van der Waals surface area contributed by atoms with Gasteiger partial charge < -0.3 is 19.6 Å². The maximum atomic E-state index is 12.5. The van der Waals surface area contributed by atoms with Gasteiger partial charge in [0.1, 0.15) is 17.4 Å². The van der Waals surface area contributed by atoms with Crippen LogP contribution in [0.1, 0.15) is 17.2 Å². The minimum atomic E-state index is -0.606. The summed E-state index contributed by atoms with van der Waals surface area (Å²) in [5, 5.41) is 31.3. The van der Waals surface area contributed by atoms with E-state index in [0.717, 1.165) is 0 Å². The number of anilines is 2. The predicted molar refractivity (Wildman–Crippen MR) is 95.6 cm³/mol. The molecular formula is C17H13N7O4. The Morgan fingerprint density at radius 1 is 1.32 bits per heavy atom. The molecule has 4 heterocycles. The molecule has 0 amide bonds. The fraction of sp³-hybridized carbons (Fsp3) is 0.118. The number of H-pyrrole nitrogens is 1. The molecule has 5 rings (SSSR count). The summed E-state index contributed by atoms with van der Waals surface area (Å²) in [6.45, 7) is 0. The van der Waals surface area contributed by atoms with Crippen molar-refractivity contribution in [2.45, 2.75) is 6.04 Å². The van der Waals surface area contributed by atoms with E-state index in [-0.39, 0.29) is 17.2 Å². The molecule has 11 nitrogen and oxygen atoms in total. The number of tetrazole rings is 1. The molecule has 0 unspecified atom stereocenters. The summed E-state index contributed by atoms with van der Waals surface area (Å²) in [7, 11) is 1.46. The molecule has 11 heteroatoms. The molecule has 0 saturated carbocycles. The highest BCUT2D eigenvalue weighted by molar-refractivity contribution is 5.73. The quantitative estimate of drug-likeness (QED) is 0.424. The number of benzene rings is 1. The Labute approximate surface area is 156 Å². The Balaban J connectivity index is 1.82. The van der Waals surface area contributed by atoms with Crippen LogP contribution in [0.3, 0.4) is 0 Å². The number of hydrogen-bond acceptors (Lipinski definition) is 9. The van der Waals surface area contributed by atoms with Gasteiger partial charge >= 0.3 is 0 Å². The van der Waals surface area contributed by atoms with E-state index < -0.39 is 11.6 Å². The Kier molecular flexibility index (Phi) is 3.41. The molecule has 4 aromatic rings. The van der Waals surface area contributed by atoms with Crippen LogP contribution in [-0.2, 0) is 0 Å². The molecule has 0 fully saturated rings. The van der Waals surface area contributed by atoms with Crippen molar-refractivity contribution in [2.24, 2.45) is 0 Å². The van der Waals surface area contributed by atoms with Gasteiger partial charge in [-0.1, -0.05) is 11.2 Å². The summed E-state index contributed by atoms with van der Waals surface area (Å²) in [4.78, 5) is 12.5. The molecule has 0 bridgehead atoms. The minimum Gasteiger partial charge on any atom is -0.504 e. The third-order valence-electron chi connectivity index (χ3n) is 4.54. The van der Waals surface area contributed by atoms with Crippen LogP contribution in [0.5, 0.6) is 11.5 Å². The smallest absolute Gasteiger partial charge is 0.288 e. The number of hydrogen-bond donors (Lipinski definition) is 3. The Morgan fingerprint density at radius 3 is 3.00 bits per heavy atom. The standard InChI is InChI=1S/C17H13N7O4/c1-27-11-7-8(4-5-9(11)25)15-12-13(10-3-2-6-28-10)19-20-16(26)14(12)18-17-21-22-23-24(15)17/h2-7,15,25H,1H3,(H,20,26)(H,18,21,23)/t15-/m0/s1. The van der Waals surface area contributed by atoms with Crippen LogP contribution in [0.15, 0.2) is 45.8 Å². The summed E-state index contributed by atoms with van der Waals surface area (Å²) < 4.78 is 12.3. The van der Waals surface area contributed by atoms with Gasteiger partial charge in [-0.25, -0.2) is 5.10 Å². The third kappa shape index (κ3) is 2.26. The number of ether oxygens (including phenoxy) is 1. The molecule has 1 atom stereocenters. The second kappa shape index (κ2) is 5.94. The van der Waals surface area contributed by atoms with Crippen LogP contribution in [0.4, 0.5) is 11.6 Å². The van der Waals surface area contributed by atoms with Crippen LogP contribution in [0.25, 0.3) is 11.5 Å². The van der Waals surface area contributed by atoms with Gasteiger partial charge in [-0.05, 0) is 40.3 Å². The minimum absolute atomic E-state index is 0.00682. The van der Waals surface area contributed by atoms with Crippen molar-refractivity contribution in [1.29, 1.82) is 0 Å². The number of rotatable bonds is 3. The molecule has 1 aliphatic heterocycles. The van der Waals surface area contributed by atoms with E-state index in [4.69, 9.17) is 9.15 Å². The maximum Gasteiger partial charge on any atom is 0.288 e. The normalized spacial score (nSPS) is 14.8. The number of aromatic amines is 1. The lowest BCUT2D eigenvalue weighted by molar-refractivity contribution is 0.372. The zero-order valence-electron chi connectivity index (χ0n) is 14.4. The van der Waals surface area contributed by atoms with Gasteiger partial charge in [0.05, 0.1) is 13.4 Å². The molecular weight excluding hydrogens is 366 g/mol. The number of fused-ring (bicyclic) bond motifs is 2. The lowest BCUT2D eigenvalue weighted by Gasteiger charge is -2.27. The summed E-state index contributed by atoms with van der Waals surface area (Å²) >= 11 is 0. The molecule has 0 radical (unpaired) electrons. The van der Waals surface area contributed by atoms with E-state index in [0.29, 0.717) is 28.5 Å². The fourth-order valence-corrected chi connectivity index (χ4v) is 3.31. The van der Waals surface area contributed by atoms with Crippen LogP contribution >= 0.6 is 0 Å². The number of phenols is 1. The number of aromatic hydroxyl groups is 1. The van der Waals surface area contributed by atoms with Crippen molar-refractivity contribution in [2.75, 3.05) is 12.4 Å². The second-order valence-corrected chi connectivity index (χ2v) is 6.07. The molecule has 1 aliphatic rings. The van der Waals surface area contributed by atoms with Gasteiger partial charge in [0.15, 0.2) is 17.3 Å². The van der Waals surface area contributed by atoms with Gasteiger partial charge in [0, 0.05) is 5.56 Å². The molecule has 0 aliphatic carbocycles. The number of nitrogens with zero attached hydrogens (tertiary/aromatic N) is 5. The zero-order chi connectivity index (χ0) is 19.3. The average Bonchev–Trinajstić information content (AvgIpc) is 3.39. The second-order valence-electron chi connectivity index (χ2n) is 6.07. The Hall–Kier alpha value is -4.15.